The normalized spacial score (nSPS) is 19.8. The Kier molecular flexibility index (Phi) is 4.56. The van der Waals surface area contributed by atoms with E-state index in [0.29, 0.717) is 18.4 Å². The van der Waals surface area contributed by atoms with Crippen LogP contribution in [0.5, 0.6) is 0 Å². The van der Waals surface area contributed by atoms with E-state index in [1.807, 2.05) is 10.8 Å². The van der Waals surface area contributed by atoms with Gasteiger partial charge in [0.05, 0.1) is 12.2 Å². The molecule has 0 spiro atoms. The molecule has 3 aromatic rings. The second kappa shape index (κ2) is 7.35. The molecule has 0 amide bonds. The third-order valence-electron chi connectivity index (χ3n) is 6.00. The third-order valence-corrected chi connectivity index (χ3v) is 6.00. The van der Waals surface area contributed by atoms with Gasteiger partial charge < -0.3 is 0 Å². The van der Waals surface area contributed by atoms with E-state index in [0.717, 1.165) is 38.8 Å². The zero-order chi connectivity index (χ0) is 18.9. The summed E-state index contributed by atoms with van der Waals surface area (Å²) in [4.78, 5) is 18.9. The monoisotopic (exact) mass is 379 g/mol. The van der Waals surface area contributed by atoms with Gasteiger partial charge in [-0.05, 0) is 56.7 Å². The summed E-state index contributed by atoms with van der Waals surface area (Å²) in [5.41, 5.74) is 3.87. The molecule has 8 nitrogen and oxygen atoms in total. The summed E-state index contributed by atoms with van der Waals surface area (Å²) in [5, 5.41) is 12.4. The molecule has 3 aromatic heterocycles. The van der Waals surface area contributed by atoms with Crippen LogP contribution in [0, 0.1) is 0 Å². The lowest BCUT2D eigenvalue weighted by atomic mass is 9.96. The lowest BCUT2D eigenvalue weighted by Crippen LogP contribution is -2.37. The van der Waals surface area contributed by atoms with Gasteiger partial charge in [-0.25, -0.2) is 9.67 Å². The molecule has 1 fully saturated rings. The van der Waals surface area contributed by atoms with Gasteiger partial charge in [-0.15, -0.1) is 0 Å². The number of H-pyrrole nitrogens is 1. The average Bonchev–Trinajstić information content (AvgIpc) is 3.46. The van der Waals surface area contributed by atoms with Crippen molar-refractivity contribution in [2.24, 2.45) is 0 Å². The van der Waals surface area contributed by atoms with Crippen LogP contribution in [-0.2, 0) is 25.9 Å². The van der Waals surface area contributed by atoms with E-state index < -0.39 is 0 Å². The van der Waals surface area contributed by atoms with E-state index in [4.69, 9.17) is 0 Å². The van der Waals surface area contributed by atoms with Gasteiger partial charge in [-0.2, -0.15) is 10.2 Å². The van der Waals surface area contributed by atoms with Crippen LogP contribution in [-0.4, -0.2) is 47.0 Å². The smallest absolute Gasteiger partial charge is 0.266 e. The van der Waals surface area contributed by atoms with Crippen molar-refractivity contribution in [1.29, 1.82) is 0 Å². The summed E-state index contributed by atoms with van der Waals surface area (Å²) in [6.07, 6.45) is 12.2. The number of aromatic amines is 1. The number of hydrogen-bond donors (Lipinski definition) is 1. The summed E-state index contributed by atoms with van der Waals surface area (Å²) >= 11 is 0. The molecule has 1 aliphatic carbocycles. The number of likely N-dealkylation sites (tertiary alicyclic amines) is 1. The molecule has 2 aliphatic rings. The van der Waals surface area contributed by atoms with Crippen molar-refractivity contribution in [1.82, 2.24) is 34.4 Å². The Balaban J connectivity index is 1.34. The maximum absolute atomic E-state index is 12.4. The molecule has 1 aliphatic heterocycles. The SMILES string of the molecule is O=c1ccc(-n2ccnc2)nn1CC1CCCN1Cc1n[nH]c2c1CCCC2. The van der Waals surface area contributed by atoms with Gasteiger partial charge in [0.1, 0.15) is 6.33 Å². The molecule has 5 rings (SSSR count). The Labute approximate surface area is 163 Å². The number of rotatable bonds is 5. The Hall–Kier alpha value is -2.74. The number of nitrogens with zero attached hydrogens (tertiary/aromatic N) is 6. The number of nitrogens with one attached hydrogen (secondary N) is 1. The fraction of sp³-hybridized carbons (Fsp3) is 0.500. The predicted molar refractivity (Wildman–Crippen MR) is 104 cm³/mol. The molecule has 1 saturated heterocycles. The first-order valence-electron chi connectivity index (χ1n) is 10.1. The number of aromatic nitrogens is 6. The van der Waals surface area contributed by atoms with Crippen molar-refractivity contribution in [2.45, 2.75) is 57.7 Å². The van der Waals surface area contributed by atoms with E-state index in [9.17, 15) is 4.79 Å². The van der Waals surface area contributed by atoms with Crippen molar-refractivity contribution in [2.75, 3.05) is 6.54 Å². The van der Waals surface area contributed by atoms with Crippen LogP contribution in [0.4, 0.5) is 0 Å². The first-order valence-corrected chi connectivity index (χ1v) is 10.1. The maximum atomic E-state index is 12.4. The Bertz CT molecular complexity index is 1000. The van der Waals surface area contributed by atoms with Gasteiger partial charge in [-0.1, -0.05) is 0 Å². The van der Waals surface area contributed by atoms with Crippen molar-refractivity contribution < 1.29 is 0 Å². The summed E-state index contributed by atoms with van der Waals surface area (Å²) in [6, 6.07) is 3.63. The van der Waals surface area contributed by atoms with Crippen molar-refractivity contribution >= 4 is 0 Å². The van der Waals surface area contributed by atoms with Crippen LogP contribution in [0.3, 0.4) is 0 Å². The largest absolute Gasteiger partial charge is 0.293 e. The molecule has 0 aromatic carbocycles. The van der Waals surface area contributed by atoms with E-state index >= 15 is 0 Å². The third kappa shape index (κ3) is 3.28. The van der Waals surface area contributed by atoms with E-state index in [-0.39, 0.29) is 5.56 Å². The van der Waals surface area contributed by atoms with Crippen molar-refractivity contribution in [3.8, 4) is 5.82 Å². The zero-order valence-electron chi connectivity index (χ0n) is 15.9. The molecular weight excluding hydrogens is 354 g/mol. The molecular formula is C20H25N7O. The second-order valence-corrected chi connectivity index (χ2v) is 7.78. The van der Waals surface area contributed by atoms with Crippen LogP contribution in [0.25, 0.3) is 5.82 Å². The summed E-state index contributed by atoms with van der Waals surface area (Å²) in [6.45, 7) is 2.50. The summed E-state index contributed by atoms with van der Waals surface area (Å²) in [5.74, 6) is 0.711. The Morgan fingerprint density at radius 2 is 2.11 bits per heavy atom. The van der Waals surface area contributed by atoms with Gasteiger partial charge in [0.2, 0.25) is 0 Å². The van der Waals surface area contributed by atoms with Crippen molar-refractivity contribution in [3.05, 3.63) is 58.2 Å². The number of fused-ring (bicyclic) bond motifs is 1. The highest BCUT2D eigenvalue weighted by Crippen LogP contribution is 2.26. The topological polar surface area (TPSA) is 84.6 Å². The van der Waals surface area contributed by atoms with Crippen LogP contribution in [0.1, 0.15) is 42.6 Å². The van der Waals surface area contributed by atoms with Gasteiger partial charge in [0, 0.05) is 36.7 Å². The minimum Gasteiger partial charge on any atom is -0.293 e. The Morgan fingerprint density at radius 3 is 3.00 bits per heavy atom. The number of aryl methyl sites for hydroxylation is 1. The van der Waals surface area contributed by atoms with Crippen LogP contribution < -0.4 is 5.56 Å². The fourth-order valence-electron chi connectivity index (χ4n) is 4.48. The highest BCUT2D eigenvalue weighted by atomic mass is 16.1. The van der Waals surface area contributed by atoms with Crippen molar-refractivity contribution in [3.63, 3.8) is 0 Å². The Morgan fingerprint density at radius 1 is 1.18 bits per heavy atom. The molecule has 0 radical (unpaired) electrons. The maximum Gasteiger partial charge on any atom is 0.266 e. The summed E-state index contributed by atoms with van der Waals surface area (Å²) in [7, 11) is 0. The first kappa shape index (κ1) is 17.4. The molecule has 1 unspecified atom stereocenters. The first-order chi connectivity index (χ1) is 13.8. The summed E-state index contributed by atoms with van der Waals surface area (Å²) < 4.78 is 3.41. The standard InChI is InChI=1S/C20H25N7O/c28-20-8-7-19(26-11-9-21-14-26)24-27(20)12-15-4-3-10-25(15)13-18-16-5-1-2-6-17(16)22-23-18/h7-9,11,14-15H,1-6,10,12-13H2,(H,22,23). The lowest BCUT2D eigenvalue weighted by molar-refractivity contribution is 0.213. The quantitative estimate of drug-likeness (QED) is 0.729. The van der Waals surface area contributed by atoms with E-state index in [1.165, 1.54) is 29.8 Å². The lowest BCUT2D eigenvalue weighted by Gasteiger charge is -2.24. The van der Waals surface area contributed by atoms with E-state index in [2.05, 4.69) is 25.2 Å². The molecule has 0 saturated carbocycles. The molecule has 0 bridgehead atoms. The molecule has 8 heteroatoms. The zero-order valence-corrected chi connectivity index (χ0v) is 15.9. The van der Waals surface area contributed by atoms with Crippen LogP contribution >= 0.6 is 0 Å². The van der Waals surface area contributed by atoms with Crippen LogP contribution in [0.15, 0.2) is 35.6 Å². The van der Waals surface area contributed by atoms with E-state index in [1.54, 1.807) is 29.3 Å². The molecule has 1 atom stereocenters. The molecule has 28 heavy (non-hydrogen) atoms. The fourth-order valence-corrected chi connectivity index (χ4v) is 4.48. The second-order valence-electron chi connectivity index (χ2n) is 7.78. The predicted octanol–water partition coefficient (Wildman–Crippen LogP) is 1.70. The highest BCUT2D eigenvalue weighted by Gasteiger charge is 2.28. The number of hydrogen-bond acceptors (Lipinski definition) is 5. The molecule has 146 valence electrons. The average molecular weight is 379 g/mol. The van der Waals surface area contributed by atoms with Gasteiger partial charge in [-0.3, -0.25) is 19.4 Å². The van der Waals surface area contributed by atoms with Gasteiger partial charge >= 0.3 is 0 Å². The van der Waals surface area contributed by atoms with Gasteiger partial charge in [0.15, 0.2) is 5.82 Å². The van der Waals surface area contributed by atoms with Crippen LogP contribution in [0.2, 0.25) is 0 Å². The number of imidazole rings is 1. The minimum atomic E-state index is -0.0622. The van der Waals surface area contributed by atoms with Gasteiger partial charge in [0.25, 0.3) is 5.56 Å². The molecule has 1 N–H and O–H groups in total. The molecule has 4 heterocycles. The minimum absolute atomic E-state index is 0.0622. The highest BCUT2D eigenvalue weighted by molar-refractivity contribution is 5.27.